The van der Waals surface area contributed by atoms with Gasteiger partial charge in [-0.15, -0.1) is 0 Å². The summed E-state index contributed by atoms with van der Waals surface area (Å²) in [5, 5.41) is 4.35. The standard InChI is InChI=1S/C19H16N2O/c1-15-9-5-6-13-18(15)22-21-19(16-10-3-2-4-11-16)17-12-7-8-14-20-17/h2-14H,1H3/b21-19+. The van der Waals surface area contributed by atoms with Crippen molar-refractivity contribution in [2.45, 2.75) is 6.92 Å². The summed E-state index contributed by atoms with van der Waals surface area (Å²) >= 11 is 0. The molecule has 22 heavy (non-hydrogen) atoms. The predicted molar refractivity (Wildman–Crippen MR) is 88.1 cm³/mol. The van der Waals surface area contributed by atoms with Crippen LogP contribution in [0.25, 0.3) is 0 Å². The molecule has 0 amide bonds. The first kappa shape index (κ1) is 14.0. The molecule has 108 valence electrons. The Morgan fingerprint density at radius 2 is 1.59 bits per heavy atom. The van der Waals surface area contributed by atoms with E-state index in [1.165, 1.54) is 0 Å². The van der Waals surface area contributed by atoms with E-state index in [1.54, 1.807) is 6.20 Å². The van der Waals surface area contributed by atoms with Crippen molar-refractivity contribution in [1.82, 2.24) is 4.98 Å². The van der Waals surface area contributed by atoms with Gasteiger partial charge >= 0.3 is 0 Å². The number of rotatable bonds is 4. The van der Waals surface area contributed by atoms with Gasteiger partial charge in [-0.05, 0) is 30.7 Å². The number of aromatic nitrogens is 1. The van der Waals surface area contributed by atoms with Crippen LogP contribution in [0.2, 0.25) is 0 Å². The molecule has 0 aliphatic rings. The average Bonchev–Trinajstić information content (AvgIpc) is 2.59. The number of hydrogen-bond donors (Lipinski definition) is 0. The quantitative estimate of drug-likeness (QED) is 0.532. The van der Waals surface area contributed by atoms with Crippen molar-refractivity contribution in [2.24, 2.45) is 5.16 Å². The number of oxime groups is 1. The van der Waals surface area contributed by atoms with E-state index in [0.29, 0.717) is 5.71 Å². The maximum absolute atomic E-state index is 5.66. The van der Waals surface area contributed by atoms with E-state index in [9.17, 15) is 0 Å². The van der Waals surface area contributed by atoms with E-state index in [2.05, 4.69) is 10.1 Å². The molecule has 1 heterocycles. The molecular formula is C19H16N2O. The highest BCUT2D eigenvalue weighted by Gasteiger charge is 2.09. The maximum Gasteiger partial charge on any atom is 0.160 e. The molecule has 3 rings (SSSR count). The summed E-state index contributed by atoms with van der Waals surface area (Å²) in [6.07, 6.45) is 1.75. The molecule has 0 unspecified atom stereocenters. The second kappa shape index (κ2) is 6.68. The van der Waals surface area contributed by atoms with Crippen LogP contribution in [0.15, 0.2) is 84.1 Å². The van der Waals surface area contributed by atoms with Crippen molar-refractivity contribution in [1.29, 1.82) is 0 Å². The van der Waals surface area contributed by atoms with Gasteiger partial charge in [0.05, 0.1) is 5.69 Å². The van der Waals surface area contributed by atoms with Gasteiger partial charge in [-0.3, -0.25) is 4.98 Å². The van der Waals surface area contributed by atoms with Crippen LogP contribution in [0.5, 0.6) is 5.75 Å². The molecule has 0 aliphatic heterocycles. The minimum Gasteiger partial charge on any atom is -0.356 e. The van der Waals surface area contributed by atoms with Crippen LogP contribution in [0.4, 0.5) is 0 Å². The van der Waals surface area contributed by atoms with Gasteiger partial charge in [-0.1, -0.05) is 59.8 Å². The van der Waals surface area contributed by atoms with Crippen molar-refractivity contribution >= 4 is 5.71 Å². The van der Waals surface area contributed by atoms with E-state index < -0.39 is 0 Å². The maximum atomic E-state index is 5.66. The van der Waals surface area contributed by atoms with E-state index in [0.717, 1.165) is 22.6 Å². The average molecular weight is 288 g/mol. The minimum absolute atomic E-state index is 0.712. The Balaban J connectivity index is 1.99. The molecule has 3 aromatic rings. The van der Waals surface area contributed by atoms with Crippen molar-refractivity contribution in [3.63, 3.8) is 0 Å². The third-order valence-corrected chi connectivity index (χ3v) is 3.28. The SMILES string of the molecule is Cc1ccccc1O/N=C(\c1ccccc1)c1ccccn1. The number of hydrogen-bond acceptors (Lipinski definition) is 3. The van der Waals surface area contributed by atoms with Crippen LogP contribution < -0.4 is 4.84 Å². The van der Waals surface area contributed by atoms with Crippen molar-refractivity contribution in [3.8, 4) is 5.75 Å². The van der Waals surface area contributed by atoms with Crippen LogP contribution in [-0.4, -0.2) is 10.7 Å². The number of benzene rings is 2. The zero-order valence-corrected chi connectivity index (χ0v) is 12.3. The summed E-state index contributed by atoms with van der Waals surface area (Å²) in [5.74, 6) is 0.742. The van der Waals surface area contributed by atoms with Gasteiger partial charge in [-0.25, -0.2) is 0 Å². The Morgan fingerprint density at radius 1 is 0.864 bits per heavy atom. The summed E-state index contributed by atoms with van der Waals surface area (Å²) in [5.41, 5.74) is 3.50. The molecule has 0 bridgehead atoms. The molecule has 0 fully saturated rings. The summed E-state index contributed by atoms with van der Waals surface area (Å²) in [7, 11) is 0. The monoisotopic (exact) mass is 288 g/mol. The topological polar surface area (TPSA) is 34.5 Å². The molecule has 0 atom stereocenters. The molecule has 0 saturated heterocycles. The van der Waals surface area contributed by atoms with Crippen LogP contribution >= 0.6 is 0 Å². The zero-order valence-electron chi connectivity index (χ0n) is 12.3. The number of aryl methyl sites for hydroxylation is 1. The summed E-state index contributed by atoms with van der Waals surface area (Å²) < 4.78 is 0. The molecule has 1 aromatic heterocycles. The molecule has 3 nitrogen and oxygen atoms in total. The van der Waals surface area contributed by atoms with Gasteiger partial charge in [0.2, 0.25) is 0 Å². The third-order valence-electron chi connectivity index (χ3n) is 3.28. The smallest absolute Gasteiger partial charge is 0.160 e. The fraction of sp³-hybridized carbons (Fsp3) is 0.0526. The highest BCUT2D eigenvalue weighted by molar-refractivity contribution is 6.11. The minimum atomic E-state index is 0.712. The van der Waals surface area contributed by atoms with Crippen LogP contribution in [0.3, 0.4) is 0 Å². The second-order valence-electron chi connectivity index (χ2n) is 4.88. The molecule has 2 aromatic carbocycles. The summed E-state index contributed by atoms with van der Waals surface area (Å²) in [4.78, 5) is 10.0. The zero-order chi connectivity index (χ0) is 15.2. The third kappa shape index (κ3) is 3.20. The highest BCUT2D eigenvalue weighted by atomic mass is 16.6. The van der Waals surface area contributed by atoms with E-state index in [-0.39, 0.29) is 0 Å². The first-order chi connectivity index (χ1) is 10.8. The molecule has 0 N–H and O–H groups in total. The van der Waals surface area contributed by atoms with Gasteiger partial charge < -0.3 is 4.84 Å². The Bertz CT molecular complexity index is 726. The van der Waals surface area contributed by atoms with E-state index in [1.807, 2.05) is 79.7 Å². The Hall–Kier alpha value is -2.94. The Morgan fingerprint density at radius 3 is 2.32 bits per heavy atom. The van der Waals surface area contributed by atoms with Crippen molar-refractivity contribution in [3.05, 3.63) is 95.8 Å². The Labute approximate surface area is 129 Å². The molecule has 0 spiro atoms. The van der Waals surface area contributed by atoms with Gasteiger partial charge in [0.15, 0.2) is 5.75 Å². The highest BCUT2D eigenvalue weighted by Crippen LogP contribution is 2.17. The van der Waals surface area contributed by atoms with Gasteiger partial charge in [0, 0.05) is 11.8 Å². The molecule has 0 radical (unpaired) electrons. The van der Waals surface area contributed by atoms with E-state index in [4.69, 9.17) is 4.84 Å². The summed E-state index contributed by atoms with van der Waals surface area (Å²) in [6.45, 7) is 1.99. The molecule has 0 saturated carbocycles. The van der Waals surface area contributed by atoms with Gasteiger partial charge in [-0.2, -0.15) is 0 Å². The normalized spacial score (nSPS) is 11.2. The van der Waals surface area contributed by atoms with Crippen molar-refractivity contribution < 1.29 is 4.84 Å². The first-order valence-electron chi connectivity index (χ1n) is 7.12. The largest absolute Gasteiger partial charge is 0.356 e. The molecular weight excluding hydrogens is 272 g/mol. The second-order valence-corrected chi connectivity index (χ2v) is 4.88. The van der Waals surface area contributed by atoms with Crippen LogP contribution in [-0.2, 0) is 0 Å². The lowest BCUT2D eigenvalue weighted by atomic mass is 10.1. The molecule has 0 aliphatic carbocycles. The lowest BCUT2D eigenvalue weighted by Gasteiger charge is -2.07. The number of para-hydroxylation sites is 1. The van der Waals surface area contributed by atoms with Crippen LogP contribution in [0, 0.1) is 6.92 Å². The van der Waals surface area contributed by atoms with Gasteiger partial charge in [0.25, 0.3) is 0 Å². The first-order valence-corrected chi connectivity index (χ1v) is 7.12. The fourth-order valence-electron chi connectivity index (χ4n) is 2.10. The van der Waals surface area contributed by atoms with Gasteiger partial charge in [0.1, 0.15) is 5.71 Å². The Kier molecular flexibility index (Phi) is 4.25. The molecule has 3 heteroatoms. The van der Waals surface area contributed by atoms with E-state index >= 15 is 0 Å². The van der Waals surface area contributed by atoms with Crippen molar-refractivity contribution in [2.75, 3.05) is 0 Å². The number of pyridine rings is 1. The fourth-order valence-corrected chi connectivity index (χ4v) is 2.10. The predicted octanol–water partition coefficient (Wildman–Crippen LogP) is 4.22. The lowest BCUT2D eigenvalue weighted by Crippen LogP contribution is -2.07. The van der Waals surface area contributed by atoms with Crippen LogP contribution in [0.1, 0.15) is 16.8 Å². The lowest BCUT2D eigenvalue weighted by molar-refractivity contribution is 0.339. The summed E-state index contributed by atoms with van der Waals surface area (Å²) in [6, 6.07) is 23.5. The number of nitrogens with zero attached hydrogens (tertiary/aromatic N) is 2.